The number of hydrogen-bond donors (Lipinski definition) is 3. The molecule has 1 aliphatic heterocycles. The highest BCUT2D eigenvalue weighted by molar-refractivity contribution is 14.0. The van der Waals surface area contributed by atoms with Crippen LogP contribution in [0.15, 0.2) is 29.3 Å². The molecule has 1 atom stereocenters. The first-order valence-electron chi connectivity index (χ1n) is 10.5. The van der Waals surface area contributed by atoms with Crippen LogP contribution in [-0.2, 0) is 4.79 Å². The Labute approximate surface area is 198 Å². The van der Waals surface area contributed by atoms with Crippen LogP contribution in [0.2, 0.25) is 0 Å². The van der Waals surface area contributed by atoms with E-state index in [0.717, 1.165) is 25.4 Å². The molecule has 3 N–H and O–H groups in total. The molecule has 1 fully saturated rings. The first-order chi connectivity index (χ1) is 13.9. The number of carbonyl (C=O) groups excluding carboxylic acids is 1. The van der Waals surface area contributed by atoms with Gasteiger partial charge in [0.1, 0.15) is 5.75 Å². The Hall–Kier alpha value is -1.55. The summed E-state index contributed by atoms with van der Waals surface area (Å²) in [5.74, 6) is 1.61. The number of methoxy groups -OCH3 is 1. The minimum Gasteiger partial charge on any atom is -0.497 e. The highest BCUT2D eigenvalue weighted by Gasteiger charge is 2.28. The van der Waals surface area contributed by atoms with Gasteiger partial charge < -0.3 is 20.7 Å². The fraction of sp³-hybridized carbons (Fsp3) is 0.636. The van der Waals surface area contributed by atoms with Crippen molar-refractivity contribution in [2.45, 2.75) is 39.7 Å². The Morgan fingerprint density at radius 2 is 1.80 bits per heavy atom. The highest BCUT2D eigenvalue weighted by Crippen LogP contribution is 2.26. The molecule has 30 heavy (non-hydrogen) atoms. The second-order valence-corrected chi connectivity index (χ2v) is 8.08. The zero-order valence-electron chi connectivity index (χ0n) is 19.0. The fourth-order valence-electron chi connectivity index (χ4n) is 3.54. The molecule has 0 aliphatic carbocycles. The lowest BCUT2D eigenvalue weighted by atomic mass is 9.92. The average molecular weight is 531 g/mol. The molecule has 1 aromatic carbocycles. The van der Waals surface area contributed by atoms with Gasteiger partial charge in [0.15, 0.2) is 5.96 Å². The van der Waals surface area contributed by atoms with Gasteiger partial charge in [0.25, 0.3) is 0 Å². The number of rotatable bonds is 9. The maximum atomic E-state index is 12.2. The van der Waals surface area contributed by atoms with Gasteiger partial charge in [-0.1, -0.05) is 12.1 Å². The zero-order valence-corrected chi connectivity index (χ0v) is 21.3. The van der Waals surface area contributed by atoms with E-state index in [1.807, 2.05) is 32.9 Å². The number of guanidine groups is 1. The number of amides is 1. The van der Waals surface area contributed by atoms with E-state index in [1.54, 1.807) is 14.2 Å². The minimum atomic E-state index is -0.516. The second kappa shape index (κ2) is 13.0. The van der Waals surface area contributed by atoms with Crippen LogP contribution in [0.5, 0.6) is 5.75 Å². The van der Waals surface area contributed by atoms with Gasteiger partial charge in [-0.15, -0.1) is 24.0 Å². The Kier molecular flexibility index (Phi) is 11.5. The number of ether oxygens (including phenoxy) is 1. The van der Waals surface area contributed by atoms with Crippen LogP contribution >= 0.6 is 24.0 Å². The topological polar surface area (TPSA) is 78.0 Å². The Balaban J connectivity index is 0.00000450. The lowest BCUT2D eigenvalue weighted by molar-refractivity contribution is -0.128. The Morgan fingerprint density at radius 1 is 1.17 bits per heavy atom. The first kappa shape index (κ1) is 26.5. The summed E-state index contributed by atoms with van der Waals surface area (Å²) >= 11 is 0. The SMILES string of the molecule is CCNC(=O)C(C)(C)CNC(=NC)NCC(c1ccc(OC)cc1)N1CCCC1.I. The minimum absolute atomic E-state index is 0. The lowest BCUT2D eigenvalue weighted by Gasteiger charge is -2.30. The Morgan fingerprint density at radius 3 is 2.33 bits per heavy atom. The summed E-state index contributed by atoms with van der Waals surface area (Å²) in [5.41, 5.74) is 0.746. The van der Waals surface area contributed by atoms with Gasteiger partial charge in [-0.05, 0) is 64.4 Å². The summed E-state index contributed by atoms with van der Waals surface area (Å²) in [5, 5.41) is 9.65. The van der Waals surface area contributed by atoms with Gasteiger partial charge in [-0.3, -0.25) is 14.7 Å². The van der Waals surface area contributed by atoms with Crippen LogP contribution in [0.4, 0.5) is 0 Å². The smallest absolute Gasteiger partial charge is 0.227 e. The van der Waals surface area contributed by atoms with Crippen molar-refractivity contribution in [3.8, 4) is 5.75 Å². The first-order valence-corrected chi connectivity index (χ1v) is 10.5. The number of nitrogens with one attached hydrogen (secondary N) is 3. The van der Waals surface area contributed by atoms with Crippen LogP contribution in [0, 0.1) is 5.41 Å². The maximum Gasteiger partial charge on any atom is 0.227 e. The Bertz CT molecular complexity index is 673. The number of likely N-dealkylation sites (tertiary alicyclic amines) is 1. The van der Waals surface area contributed by atoms with E-state index < -0.39 is 5.41 Å². The van der Waals surface area contributed by atoms with Gasteiger partial charge in [-0.25, -0.2) is 0 Å². The van der Waals surface area contributed by atoms with E-state index in [2.05, 4.69) is 38.0 Å². The molecular weight excluding hydrogens is 493 g/mol. The predicted octanol–water partition coefficient (Wildman–Crippen LogP) is 2.78. The average Bonchev–Trinajstić information content (AvgIpc) is 3.25. The molecule has 0 radical (unpaired) electrons. The predicted molar refractivity (Wildman–Crippen MR) is 134 cm³/mol. The van der Waals surface area contributed by atoms with Gasteiger partial charge in [-0.2, -0.15) is 0 Å². The van der Waals surface area contributed by atoms with Gasteiger partial charge in [0.2, 0.25) is 5.91 Å². The third kappa shape index (κ3) is 7.61. The summed E-state index contributed by atoms with van der Waals surface area (Å²) in [6.45, 7) is 9.89. The molecule has 0 spiro atoms. The zero-order chi connectivity index (χ0) is 21.3. The van der Waals surface area contributed by atoms with Crippen molar-refractivity contribution in [2.75, 3.05) is 46.9 Å². The number of benzene rings is 1. The van der Waals surface area contributed by atoms with Crippen LogP contribution in [0.1, 0.15) is 45.2 Å². The van der Waals surface area contributed by atoms with Gasteiger partial charge >= 0.3 is 0 Å². The summed E-state index contributed by atoms with van der Waals surface area (Å²) in [4.78, 5) is 19.1. The molecule has 1 saturated heterocycles. The lowest BCUT2D eigenvalue weighted by Crippen LogP contribution is -2.49. The largest absolute Gasteiger partial charge is 0.497 e. The van der Waals surface area contributed by atoms with E-state index in [4.69, 9.17) is 4.74 Å². The van der Waals surface area contributed by atoms with Crippen LogP contribution < -0.4 is 20.7 Å². The van der Waals surface area contributed by atoms with Crippen LogP contribution in [0.3, 0.4) is 0 Å². The molecule has 1 aliphatic rings. The van der Waals surface area contributed by atoms with E-state index in [-0.39, 0.29) is 35.9 Å². The van der Waals surface area contributed by atoms with Gasteiger partial charge in [0.05, 0.1) is 18.6 Å². The van der Waals surface area contributed by atoms with Crippen molar-refractivity contribution in [3.63, 3.8) is 0 Å². The standard InChI is InChI=1S/C22H37N5O2.HI/c1-6-24-20(28)22(2,3)16-26-21(23-4)25-15-19(27-13-7-8-14-27)17-9-11-18(29-5)12-10-17;/h9-12,19H,6-8,13-16H2,1-5H3,(H,24,28)(H2,23,25,26);1H. The number of carbonyl (C=O) groups is 1. The van der Waals surface area contributed by atoms with E-state index in [1.165, 1.54) is 18.4 Å². The maximum absolute atomic E-state index is 12.2. The molecule has 7 nitrogen and oxygen atoms in total. The number of nitrogens with zero attached hydrogens (tertiary/aromatic N) is 2. The monoisotopic (exact) mass is 531 g/mol. The van der Waals surface area contributed by atoms with Gasteiger partial charge in [0, 0.05) is 26.7 Å². The summed E-state index contributed by atoms with van der Waals surface area (Å²) in [6.07, 6.45) is 2.47. The molecule has 0 saturated carbocycles. The van der Waals surface area contributed by atoms with Crippen molar-refractivity contribution in [3.05, 3.63) is 29.8 Å². The highest BCUT2D eigenvalue weighted by atomic mass is 127. The van der Waals surface area contributed by atoms with Crippen molar-refractivity contribution in [2.24, 2.45) is 10.4 Å². The molecule has 1 amide bonds. The van der Waals surface area contributed by atoms with Crippen molar-refractivity contribution in [1.82, 2.24) is 20.9 Å². The molecule has 1 unspecified atom stereocenters. The molecule has 0 bridgehead atoms. The summed E-state index contributed by atoms with van der Waals surface area (Å²) in [7, 11) is 3.44. The molecule has 170 valence electrons. The quantitative estimate of drug-likeness (QED) is 0.260. The van der Waals surface area contributed by atoms with E-state index in [0.29, 0.717) is 19.0 Å². The molecular formula is C22H38IN5O2. The fourth-order valence-corrected chi connectivity index (χ4v) is 3.54. The summed E-state index contributed by atoms with van der Waals surface area (Å²) < 4.78 is 5.30. The molecule has 2 rings (SSSR count). The molecule has 8 heteroatoms. The van der Waals surface area contributed by atoms with Crippen molar-refractivity contribution < 1.29 is 9.53 Å². The second-order valence-electron chi connectivity index (χ2n) is 8.08. The third-order valence-corrected chi connectivity index (χ3v) is 5.42. The number of halogens is 1. The molecule has 1 aromatic rings. The molecule has 0 aromatic heterocycles. The number of aliphatic imine (C=N–C) groups is 1. The third-order valence-electron chi connectivity index (χ3n) is 5.42. The van der Waals surface area contributed by atoms with Crippen molar-refractivity contribution in [1.29, 1.82) is 0 Å². The van der Waals surface area contributed by atoms with E-state index >= 15 is 0 Å². The number of hydrogen-bond acceptors (Lipinski definition) is 4. The van der Waals surface area contributed by atoms with Crippen LogP contribution in [0.25, 0.3) is 0 Å². The molecule has 1 heterocycles. The van der Waals surface area contributed by atoms with E-state index in [9.17, 15) is 4.79 Å². The summed E-state index contributed by atoms with van der Waals surface area (Å²) in [6, 6.07) is 8.56. The van der Waals surface area contributed by atoms with Crippen molar-refractivity contribution >= 4 is 35.8 Å². The normalized spacial score (nSPS) is 15.8. The van der Waals surface area contributed by atoms with Crippen LogP contribution in [-0.4, -0.2) is 63.6 Å².